The highest BCUT2D eigenvalue weighted by Gasteiger charge is 2.38. The summed E-state index contributed by atoms with van der Waals surface area (Å²) < 4.78 is 7.58. The molecule has 1 aromatic heterocycles. The molecule has 2 aromatic carbocycles. The maximum atomic E-state index is 13.3. The van der Waals surface area contributed by atoms with E-state index in [1.165, 1.54) is 29.5 Å². The van der Waals surface area contributed by atoms with E-state index in [0.29, 0.717) is 6.54 Å². The summed E-state index contributed by atoms with van der Waals surface area (Å²) in [4.78, 5) is 15.4. The molecule has 2 unspecified atom stereocenters. The van der Waals surface area contributed by atoms with Crippen LogP contribution in [0.2, 0.25) is 0 Å². The van der Waals surface area contributed by atoms with Crippen LogP contribution in [0.15, 0.2) is 54.9 Å². The number of amides is 1. The molecule has 1 amide bonds. The minimum Gasteiger partial charge on any atom is -0.379 e. The lowest BCUT2D eigenvalue weighted by molar-refractivity contribution is -0.00582. The number of hydrogen-bond donors (Lipinski definition) is 0. The maximum absolute atomic E-state index is 13.3. The van der Waals surface area contributed by atoms with Crippen LogP contribution in [-0.4, -0.2) is 39.8 Å². The van der Waals surface area contributed by atoms with Gasteiger partial charge in [-0.1, -0.05) is 31.0 Å². The van der Waals surface area contributed by atoms with Crippen LogP contribution >= 0.6 is 0 Å². The predicted molar refractivity (Wildman–Crippen MR) is 120 cm³/mol. The Kier molecular flexibility index (Phi) is 5.36. The molecule has 0 spiro atoms. The van der Waals surface area contributed by atoms with Gasteiger partial charge in [0.2, 0.25) is 0 Å². The molecule has 2 heterocycles. The Morgan fingerprint density at radius 1 is 1.13 bits per heavy atom. The fourth-order valence-electron chi connectivity index (χ4n) is 5.13. The Labute approximate surface area is 183 Å². The average Bonchev–Trinajstić information content (AvgIpc) is 3.43. The van der Waals surface area contributed by atoms with Crippen LogP contribution in [0.5, 0.6) is 0 Å². The number of carbonyl (C=O) groups is 1. The van der Waals surface area contributed by atoms with Crippen LogP contribution in [0.4, 0.5) is 0 Å². The number of nitrogens with zero attached hydrogens (tertiary/aromatic N) is 3. The summed E-state index contributed by atoms with van der Waals surface area (Å²) in [5.74, 6) is 0.166. The van der Waals surface area contributed by atoms with Crippen LogP contribution in [0.25, 0.3) is 5.69 Å². The first-order valence-corrected chi connectivity index (χ1v) is 11.2. The molecule has 1 fully saturated rings. The molecule has 0 bridgehead atoms. The predicted octanol–water partition coefficient (Wildman–Crippen LogP) is 4.68. The van der Waals surface area contributed by atoms with Gasteiger partial charge in [0, 0.05) is 31.6 Å². The van der Waals surface area contributed by atoms with E-state index in [1.807, 2.05) is 16.9 Å². The van der Waals surface area contributed by atoms with Gasteiger partial charge in [-0.2, -0.15) is 5.10 Å². The van der Waals surface area contributed by atoms with E-state index in [4.69, 9.17) is 4.74 Å². The lowest BCUT2D eigenvalue weighted by Gasteiger charge is -2.37. The standard InChI is InChI=1S/C26H29N3O2/c1-18-14-21-17-28(24-6-3-4-7-25(24)31-2)26(30)23(21)16-20(18)15-19-8-10-22(11-9-19)29-13-5-12-27-29/h5,8-14,16,24-25H,3-4,6-7,15,17H2,1-2H3. The molecular formula is C26H29N3O2. The smallest absolute Gasteiger partial charge is 0.254 e. The first-order chi connectivity index (χ1) is 15.1. The number of methoxy groups -OCH3 is 1. The van der Waals surface area contributed by atoms with Crippen molar-refractivity contribution >= 4 is 5.91 Å². The molecule has 5 nitrogen and oxygen atoms in total. The Morgan fingerprint density at radius 2 is 1.94 bits per heavy atom. The fourth-order valence-corrected chi connectivity index (χ4v) is 5.13. The second-order valence-corrected chi connectivity index (χ2v) is 8.79. The molecule has 1 saturated carbocycles. The zero-order valence-corrected chi connectivity index (χ0v) is 18.3. The Hall–Kier alpha value is -2.92. The molecule has 2 aliphatic rings. The minimum absolute atomic E-state index is 0.154. The van der Waals surface area contributed by atoms with Gasteiger partial charge >= 0.3 is 0 Å². The molecule has 1 aliphatic heterocycles. The highest BCUT2D eigenvalue weighted by molar-refractivity contribution is 5.99. The number of carbonyl (C=O) groups excluding carboxylic acids is 1. The molecule has 5 heteroatoms. The zero-order valence-electron chi connectivity index (χ0n) is 18.3. The second-order valence-electron chi connectivity index (χ2n) is 8.79. The minimum atomic E-state index is 0.154. The van der Waals surface area contributed by atoms with Crippen molar-refractivity contribution in [3.63, 3.8) is 0 Å². The largest absolute Gasteiger partial charge is 0.379 e. The average molecular weight is 416 g/mol. The number of rotatable bonds is 5. The third-order valence-corrected chi connectivity index (χ3v) is 6.86. The molecule has 0 saturated heterocycles. The van der Waals surface area contributed by atoms with Gasteiger partial charge in [-0.05, 0) is 72.7 Å². The van der Waals surface area contributed by atoms with Crippen molar-refractivity contribution in [2.24, 2.45) is 0 Å². The molecule has 1 aliphatic carbocycles. The SMILES string of the molecule is COC1CCCCC1N1Cc2cc(C)c(Cc3ccc(-n4cccn4)cc3)cc2C1=O. The van der Waals surface area contributed by atoms with Gasteiger partial charge in [0.15, 0.2) is 0 Å². The molecule has 2 atom stereocenters. The van der Waals surface area contributed by atoms with E-state index in [9.17, 15) is 4.79 Å². The lowest BCUT2D eigenvalue weighted by atomic mass is 9.91. The molecule has 31 heavy (non-hydrogen) atoms. The Balaban J connectivity index is 1.36. The van der Waals surface area contributed by atoms with Crippen LogP contribution in [0.3, 0.4) is 0 Å². The van der Waals surface area contributed by atoms with Gasteiger partial charge < -0.3 is 9.64 Å². The summed E-state index contributed by atoms with van der Waals surface area (Å²) in [6.45, 7) is 2.86. The maximum Gasteiger partial charge on any atom is 0.254 e. The third-order valence-electron chi connectivity index (χ3n) is 6.86. The van der Waals surface area contributed by atoms with Gasteiger partial charge in [-0.25, -0.2) is 4.68 Å². The van der Waals surface area contributed by atoms with E-state index in [1.54, 1.807) is 13.3 Å². The van der Waals surface area contributed by atoms with E-state index >= 15 is 0 Å². The quantitative estimate of drug-likeness (QED) is 0.608. The topological polar surface area (TPSA) is 47.4 Å². The van der Waals surface area contributed by atoms with Crippen molar-refractivity contribution in [1.82, 2.24) is 14.7 Å². The van der Waals surface area contributed by atoms with Crippen molar-refractivity contribution in [3.05, 3.63) is 82.7 Å². The van der Waals surface area contributed by atoms with Crippen LogP contribution < -0.4 is 0 Å². The number of ether oxygens (including phenoxy) is 1. The number of aromatic nitrogens is 2. The summed E-state index contributed by atoms with van der Waals surface area (Å²) in [7, 11) is 1.77. The summed E-state index contributed by atoms with van der Waals surface area (Å²) in [5, 5.41) is 4.28. The second kappa shape index (κ2) is 8.31. The van der Waals surface area contributed by atoms with E-state index in [-0.39, 0.29) is 18.1 Å². The van der Waals surface area contributed by atoms with Gasteiger partial charge in [0.25, 0.3) is 5.91 Å². The molecule has 3 aromatic rings. The van der Waals surface area contributed by atoms with E-state index in [2.05, 4.69) is 53.3 Å². The molecular weight excluding hydrogens is 386 g/mol. The molecule has 0 radical (unpaired) electrons. The summed E-state index contributed by atoms with van der Waals surface area (Å²) in [5.41, 5.74) is 6.76. The molecule has 160 valence electrons. The van der Waals surface area contributed by atoms with Crippen molar-refractivity contribution in [3.8, 4) is 5.69 Å². The van der Waals surface area contributed by atoms with Crippen molar-refractivity contribution < 1.29 is 9.53 Å². The Morgan fingerprint density at radius 3 is 2.68 bits per heavy atom. The first kappa shape index (κ1) is 20.0. The van der Waals surface area contributed by atoms with Gasteiger partial charge in [-0.3, -0.25) is 4.79 Å². The summed E-state index contributed by atoms with van der Waals surface area (Å²) in [6.07, 6.45) is 9.13. The van der Waals surface area contributed by atoms with E-state index < -0.39 is 0 Å². The van der Waals surface area contributed by atoms with Gasteiger partial charge in [-0.15, -0.1) is 0 Å². The zero-order chi connectivity index (χ0) is 21.4. The summed E-state index contributed by atoms with van der Waals surface area (Å²) >= 11 is 0. The highest BCUT2D eigenvalue weighted by atomic mass is 16.5. The number of hydrogen-bond acceptors (Lipinski definition) is 3. The van der Waals surface area contributed by atoms with Crippen LogP contribution in [0.1, 0.15) is 58.3 Å². The van der Waals surface area contributed by atoms with Crippen LogP contribution in [-0.2, 0) is 17.7 Å². The number of aryl methyl sites for hydroxylation is 1. The third kappa shape index (κ3) is 3.79. The number of benzene rings is 2. The fraction of sp³-hybridized carbons (Fsp3) is 0.385. The van der Waals surface area contributed by atoms with E-state index in [0.717, 1.165) is 36.1 Å². The van der Waals surface area contributed by atoms with Crippen molar-refractivity contribution in [2.75, 3.05) is 7.11 Å². The number of fused-ring (bicyclic) bond motifs is 1. The summed E-state index contributed by atoms with van der Waals surface area (Å²) in [6, 6.07) is 14.9. The first-order valence-electron chi connectivity index (χ1n) is 11.2. The monoisotopic (exact) mass is 415 g/mol. The Bertz CT molecular complexity index is 1070. The molecule has 5 rings (SSSR count). The van der Waals surface area contributed by atoms with Crippen molar-refractivity contribution in [2.45, 2.75) is 57.7 Å². The van der Waals surface area contributed by atoms with Crippen LogP contribution in [0, 0.1) is 6.92 Å². The normalized spacial score (nSPS) is 20.8. The molecule has 0 N–H and O–H groups in total. The van der Waals surface area contributed by atoms with Gasteiger partial charge in [0.05, 0.1) is 17.8 Å². The van der Waals surface area contributed by atoms with Gasteiger partial charge in [0.1, 0.15) is 0 Å². The highest BCUT2D eigenvalue weighted by Crippen LogP contribution is 2.34. The van der Waals surface area contributed by atoms with Crippen molar-refractivity contribution in [1.29, 1.82) is 0 Å². The lowest BCUT2D eigenvalue weighted by Crippen LogP contribution is -2.46.